The van der Waals surface area contributed by atoms with Crippen molar-refractivity contribution in [2.75, 3.05) is 5.32 Å². The molecule has 1 atom stereocenters. The van der Waals surface area contributed by atoms with Crippen molar-refractivity contribution in [2.24, 2.45) is 0 Å². The van der Waals surface area contributed by atoms with Crippen molar-refractivity contribution in [2.45, 2.75) is 13.0 Å². The molecule has 0 fully saturated rings. The first-order chi connectivity index (χ1) is 11.1. The van der Waals surface area contributed by atoms with Crippen LogP contribution in [0.1, 0.15) is 28.9 Å². The number of halogens is 1. The fourth-order valence-electron chi connectivity index (χ4n) is 2.51. The van der Waals surface area contributed by atoms with Crippen LogP contribution in [0.4, 0.5) is 5.69 Å². The molecule has 3 aromatic rings. The molecule has 3 rings (SSSR count). The van der Waals surface area contributed by atoms with Crippen LogP contribution < -0.4 is 5.32 Å². The molecule has 0 spiro atoms. The molecule has 0 saturated carbocycles. The summed E-state index contributed by atoms with van der Waals surface area (Å²) in [5.74, 6) is -0.154. The molecular weight excluding hydrogens is 354 g/mol. The van der Waals surface area contributed by atoms with Crippen LogP contribution in [0.5, 0.6) is 0 Å². The molecule has 0 aliphatic heterocycles. The maximum atomic E-state index is 12.6. The Balaban J connectivity index is 1.90. The molecule has 0 saturated heterocycles. The zero-order chi connectivity index (χ0) is 16.4. The molecule has 0 aliphatic carbocycles. The van der Waals surface area contributed by atoms with Gasteiger partial charge < -0.3 is 10.4 Å². The topological polar surface area (TPSA) is 49.3 Å². The summed E-state index contributed by atoms with van der Waals surface area (Å²) in [7, 11) is 0. The van der Waals surface area contributed by atoms with Gasteiger partial charge in [0.2, 0.25) is 0 Å². The van der Waals surface area contributed by atoms with Gasteiger partial charge in [-0.15, -0.1) is 0 Å². The molecule has 23 heavy (non-hydrogen) atoms. The molecule has 0 heterocycles. The second kappa shape index (κ2) is 6.52. The van der Waals surface area contributed by atoms with E-state index in [0.29, 0.717) is 11.3 Å². The number of carbonyl (C=O) groups is 1. The van der Waals surface area contributed by atoms with Crippen molar-refractivity contribution in [1.29, 1.82) is 0 Å². The maximum absolute atomic E-state index is 12.6. The highest BCUT2D eigenvalue weighted by Crippen LogP contribution is 2.27. The van der Waals surface area contributed by atoms with E-state index in [1.807, 2.05) is 36.4 Å². The van der Waals surface area contributed by atoms with Crippen LogP contribution in [0.3, 0.4) is 0 Å². The van der Waals surface area contributed by atoms with E-state index in [9.17, 15) is 9.90 Å². The zero-order valence-electron chi connectivity index (χ0n) is 12.6. The molecule has 0 radical (unpaired) electrons. The highest BCUT2D eigenvalue weighted by Gasteiger charge is 2.11. The van der Waals surface area contributed by atoms with Crippen molar-refractivity contribution in [1.82, 2.24) is 0 Å². The number of nitrogens with one attached hydrogen (secondary N) is 1. The standard InChI is InChI=1S/C19H16BrNO2/c1-12(22)13-8-10-14(11-9-13)21-19(23)17-6-2-5-16-15(17)4-3-7-18(16)20/h2-12,22H,1H3,(H,21,23). The summed E-state index contributed by atoms with van der Waals surface area (Å²) >= 11 is 3.51. The minimum absolute atomic E-state index is 0.154. The summed E-state index contributed by atoms with van der Waals surface area (Å²) in [6.07, 6.45) is -0.518. The first-order valence-corrected chi connectivity index (χ1v) is 8.12. The van der Waals surface area contributed by atoms with Gasteiger partial charge in [-0.25, -0.2) is 0 Å². The number of amides is 1. The lowest BCUT2D eigenvalue weighted by Crippen LogP contribution is -2.12. The third-order valence-electron chi connectivity index (χ3n) is 3.76. The van der Waals surface area contributed by atoms with Crippen molar-refractivity contribution in [3.8, 4) is 0 Å². The van der Waals surface area contributed by atoms with Gasteiger partial charge in [-0.05, 0) is 47.5 Å². The largest absolute Gasteiger partial charge is 0.389 e. The van der Waals surface area contributed by atoms with Crippen LogP contribution in [0, 0.1) is 0 Å². The lowest BCUT2D eigenvalue weighted by atomic mass is 10.0. The molecule has 1 unspecified atom stereocenters. The van der Waals surface area contributed by atoms with E-state index in [4.69, 9.17) is 0 Å². The predicted molar refractivity (Wildman–Crippen MR) is 96.7 cm³/mol. The van der Waals surface area contributed by atoms with Gasteiger partial charge in [0, 0.05) is 15.7 Å². The predicted octanol–water partition coefficient (Wildman–Crippen LogP) is 4.91. The second-order valence-electron chi connectivity index (χ2n) is 5.39. The Hall–Kier alpha value is -2.17. The lowest BCUT2D eigenvalue weighted by Gasteiger charge is -2.10. The Labute approximate surface area is 143 Å². The fraction of sp³-hybridized carbons (Fsp3) is 0.105. The Bertz CT molecular complexity index is 857. The number of aliphatic hydroxyl groups is 1. The van der Waals surface area contributed by atoms with E-state index in [-0.39, 0.29) is 5.91 Å². The molecule has 4 heteroatoms. The molecule has 1 amide bonds. The van der Waals surface area contributed by atoms with Gasteiger partial charge in [0.15, 0.2) is 0 Å². The lowest BCUT2D eigenvalue weighted by molar-refractivity contribution is 0.102. The van der Waals surface area contributed by atoms with Crippen LogP contribution in [0.25, 0.3) is 10.8 Å². The van der Waals surface area contributed by atoms with Crippen LogP contribution >= 0.6 is 15.9 Å². The van der Waals surface area contributed by atoms with E-state index < -0.39 is 6.10 Å². The van der Waals surface area contributed by atoms with Gasteiger partial charge in [0.25, 0.3) is 5.91 Å². The Morgan fingerprint density at radius 2 is 1.65 bits per heavy atom. The minimum Gasteiger partial charge on any atom is -0.389 e. The SMILES string of the molecule is CC(O)c1ccc(NC(=O)c2cccc3c(Br)cccc23)cc1. The van der Waals surface area contributed by atoms with Crippen molar-refractivity contribution >= 4 is 38.3 Å². The minimum atomic E-state index is -0.518. The summed E-state index contributed by atoms with van der Waals surface area (Å²) in [6.45, 7) is 1.71. The third-order valence-corrected chi connectivity index (χ3v) is 4.46. The highest BCUT2D eigenvalue weighted by molar-refractivity contribution is 9.10. The Morgan fingerprint density at radius 1 is 1.00 bits per heavy atom. The van der Waals surface area contributed by atoms with Gasteiger partial charge >= 0.3 is 0 Å². The Morgan fingerprint density at radius 3 is 2.35 bits per heavy atom. The number of carbonyl (C=O) groups excluding carboxylic acids is 1. The molecule has 0 aliphatic rings. The average Bonchev–Trinajstić information content (AvgIpc) is 2.55. The monoisotopic (exact) mass is 369 g/mol. The normalized spacial score (nSPS) is 12.1. The zero-order valence-corrected chi connectivity index (χ0v) is 14.2. The second-order valence-corrected chi connectivity index (χ2v) is 6.25. The molecule has 3 aromatic carbocycles. The van der Waals surface area contributed by atoms with Gasteiger partial charge in [-0.3, -0.25) is 4.79 Å². The average molecular weight is 370 g/mol. The van der Waals surface area contributed by atoms with Crippen LogP contribution in [0.2, 0.25) is 0 Å². The van der Waals surface area contributed by atoms with E-state index in [0.717, 1.165) is 20.8 Å². The third kappa shape index (κ3) is 3.28. The van der Waals surface area contributed by atoms with Crippen molar-refractivity contribution in [3.05, 3.63) is 76.3 Å². The van der Waals surface area contributed by atoms with Crippen LogP contribution in [-0.2, 0) is 0 Å². The molecular formula is C19H16BrNO2. The number of aliphatic hydroxyl groups excluding tert-OH is 1. The van der Waals surface area contributed by atoms with Gasteiger partial charge in [0.1, 0.15) is 0 Å². The summed E-state index contributed by atoms with van der Waals surface area (Å²) in [5, 5.41) is 14.3. The Kier molecular flexibility index (Phi) is 4.46. The smallest absolute Gasteiger partial charge is 0.256 e. The summed E-state index contributed by atoms with van der Waals surface area (Å²) in [5.41, 5.74) is 2.15. The van der Waals surface area contributed by atoms with E-state index in [1.165, 1.54) is 0 Å². The van der Waals surface area contributed by atoms with E-state index >= 15 is 0 Å². The number of hydrogen-bond acceptors (Lipinski definition) is 2. The van der Waals surface area contributed by atoms with E-state index in [2.05, 4.69) is 21.2 Å². The van der Waals surface area contributed by atoms with Gasteiger partial charge in [-0.1, -0.05) is 52.3 Å². The first kappa shape index (κ1) is 15.7. The summed E-state index contributed by atoms with van der Waals surface area (Å²) < 4.78 is 0.964. The quantitative estimate of drug-likeness (QED) is 0.689. The van der Waals surface area contributed by atoms with Crippen molar-refractivity contribution in [3.63, 3.8) is 0 Å². The van der Waals surface area contributed by atoms with Gasteiger partial charge in [-0.2, -0.15) is 0 Å². The van der Waals surface area contributed by atoms with Crippen LogP contribution in [0.15, 0.2) is 65.1 Å². The number of benzene rings is 3. The molecule has 116 valence electrons. The number of fused-ring (bicyclic) bond motifs is 1. The van der Waals surface area contributed by atoms with Crippen molar-refractivity contribution < 1.29 is 9.90 Å². The number of hydrogen-bond donors (Lipinski definition) is 2. The molecule has 2 N–H and O–H groups in total. The molecule has 0 aromatic heterocycles. The summed E-state index contributed by atoms with van der Waals surface area (Å²) in [4.78, 5) is 12.6. The maximum Gasteiger partial charge on any atom is 0.256 e. The van der Waals surface area contributed by atoms with Gasteiger partial charge in [0.05, 0.1) is 6.10 Å². The van der Waals surface area contributed by atoms with Crippen LogP contribution in [-0.4, -0.2) is 11.0 Å². The number of anilines is 1. The summed E-state index contributed by atoms with van der Waals surface area (Å²) in [6, 6.07) is 18.7. The molecule has 0 bridgehead atoms. The fourth-order valence-corrected chi connectivity index (χ4v) is 3.01. The highest BCUT2D eigenvalue weighted by atomic mass is 79.9. The molecule has 3 nitrogen and oxygen atoms in total. The number of rotatable bonds is 3. The first-order valence-electron chi connectivity index (χ1n) is 7.33. The van der Waals surface area contributed by atoms with E-state index in [1.54, 1.807) is 31.2 Å².